The van der Waals surface area contributed by atoms with Crippen LogP contribution < -0.4 is 16.0 Å². The fraction of sp³-hybridized carbons (Fsp3) is 0.0952. The first-order valence-corrected chi connectivity index (χ1v) is 8.92. The number of benzene rings is 2. The number of hydrogen-bond donors (Lipinski definition) is 3. The number of carbonyl (C=O) groups is 1. The van der Waals surface area contributed by atoms with Gasteiger partial charge in [0.1, 0.15) is 5.82 Å². The van der Waals surface area contributed by atoms with Gasteiger partial charge in [-0.1, -0.05) is 36.4 Å². The Balaban J connectivity index is 1.51. The number of fused-ring (bicyclic) bond motifs is 1. The molecule has 0 spiro atoms. The first-order chi connectivity index (χ1) is 13.7. The molecule has 7 nitrogen and oxygen atoms in total. The fourth-order valence-corrected chi connectivity index (χ4v) is 2.90. The lowest BCUT2D eigenvalue weighted by Gasteiger charge is -2.07. The van der Waals surface area contributed by atoms with E-state index in [1.54, 1.807) is 10.9 Å². The van der Waals surface area contributed by atoms with Gasteiger partial charge in [0.25, 0.3) is 0 Å². The number of aromatic nitrogens is 3. The van der Waals surface area contributed by atoms with Gasteiger partial charge in [-0.25, -0.2) is 4.98 Å². The van der Waals surface area contributed by atoms with E-state index in [0.29, 0.717) is 11.6 Å². The molecule has 0 saturated carbocycles. The number of anilines is 4. The minimum atomic E-state index is -0.168. The van der Waals surface area contributed by atoms with Gasteiger partial charge in [-0.05, 0) is 30.3 Å². The summed E-state index contributed by atoms with van der Waals surface area (Å²) < 4.78 is 1.70. The molecule has 2 heterocycles. The van der Waals surface area contributed by atoms with Crippen molar-refractivity contribution in [3.8, 4) is 0 Å². The zero-order valence-electron chi connectivity index (χ0n) is 15.4. The molecule has 0 unspecified atom stereocenters. The molecule has 4 aromatic rings. The smallest absolute Gasteiger partial charge is 0.244 e. The van der Waals surface area contributed by atoms with Gasteiger partial charge in [0.15, 0.2) is 5.82 Å². The lowest BCUT2D eigenvalue weighted by molar-refractivity contribution is -0.114. The van der Waals surface area contributed by atoms with E-state index in [2.05, 4.69) is 26.0 Å². The summed E-state index contributed by atoms with van der Waals surface area (Å²) in [6.45, 7) is 0.155. The largest absolute Gasteiger partial charge is 0.376 e. The molecule has 140 valence electrons. The molecule has 3 N–H and O–H groups in total. The molecule has 0 fully saturated rings. The van der Waals surface area contributed by atoms with Crippen LogP contribution in [0.25, 0.3) is 10.9 Å². The van der Waals surface area contributed by atoms with Crippen molar-refractivity contribution in [3.05, 3.63) is 72.9 Å². The van der Waals surface area contributed by atoms with Gasteiger partial charge in [0.2, 0.25) is 5.91 Å². The van der Waals surface area contributed by atoms with E-state index < -0.39 is 0 Å². The molecule has 7 heteroatoms. The highest BCUT2D eigenvalue weighted by Crippen LogP contribution is 2.25. The number of nitrogens with zero attached hydrogens (tertiary/aromatic N) is 3. The molecule has 0 saturated heterocycles. The Hall–Kier alpha value is -3.87. The van der Waals surface area contributed by atoms with Crippen molar-refractivity contribution >= 4 is 39.8 Å². The molecule has 0 atom stereocenters. The van der Waals surface area contributed by atoms with Gasteiger partial charge in [-0.3, -0.25) is 9.48 Å². The van der Waals surface area contributed by atoms with Crippen molar-refractivity contribution in [2.45, 2.75) is 0 Å². The minimum Gasteiger partial charge on any atom is -0.376 e. The van der Waals surface area contributed by atoms with E-state index in [0.717, 1.165) is 22.3 Å². The third-order valence-corrected chi connectivity index (χ3v) is 4.27. The highest BCUT2D eigenvalue weighted by molar-refractivity contribution is 6.01. The minimum absolute atomic E-state index is 0.155. The second kappa shape index (κ2) is 7.79. The SMILES string of the molecule is Cn1nc(NC(=O)CNc2ccccc2)c2cc(Nc3ccccc3)ncc21. The van der Waals surface area contributed by atoms with Crippen LogP contribution in [0.15, 0.2) is 72.9 Å². The van der Waals surface area contributed by atoms with Crippen molar-refractivity contribution in [3.63, 3.8) is 0 Å². The highest BCUT2D eigenvalue weighted by atomic mass is 16.2. The molecule has 0 radical (unpaired) electrons. The first-order valence-electron chi connectivity index (χ1n) is 8.92. The van der Waals surface area contributed by atoms with E-state index in [4.69, 9.17) is 0 Å². The number of hydrogen-bond acceptors (Lipinski definition) is 5. The second-order valence-electron chi connectivity index (χ2n) is 6.32. The Morgan fingerprint density at radius 3 is 2.39 bits per heavy atom. The van der Waals surface area contributed by atoms with Gasteiger partial charge >= 0.3 is 0 Å². The van der Waals surface area contributed by atoms with E-state index in [9.17, 15) is 4.79 Å². The van der Waals surface area contributed by atoms with E-state index in [1.165, 1.54) is 0 Å². The maximum Gasteiger partial charge on any atom is 0.244 e. The van der Waals surface area contributed by atoms with Crippen molar-refractivity contribution < 1.29 is 4.79 Å². The summed E-state index contributed by atoms with van der Waals surface area (Å²) in [5.41, 5.74) is 2.67. The number of pyridine rings is 1. The van der Waals surface area contributed by atoms with Crippen molar-refractivity contribution in [1.82, 2.24) is 14.8 Å². The number of nitrogens with one attached hydrogen (secondary N) is 3. The average molecular weight is 372 g/mol. The molecular formula is C21H20N6O. The third-order valence-electron chi connectivity index (χ3n) is 4.27. The molecule has 2 aromatic heterocycles. The summed E-state index contributed by atoms with van der Waals surface area (Å²) in [7, 11) is 1.83. The van der Waals surface area contributed by atoms with Crippen LogP contribution in [0.3, 0.4) is 0 Å². The van der Waals surface area contributed by atoms with Crippen LogP contribution in [0.4, 0.5) is 23.0 Å². The number of aryl methyl sites for hydroxylation is 1. The zero-order valence-corrected chi connectivity index (χ0v) is 15.4. The monoisotopic (exact) mass is 372 g/mol. The predicted molar refractivity (Wildman–Crippen MR) is 112 cm³/mol. The average Bonchev–Trinajstić information content (AvgIpc) is 3.03. The van der Waals surface area contributed by atoms with Crippen LogP contribution in [0.1, 0.15) is 0 Å². The van der Waals surface area contributed by atoms with Crippen molar-refractivity contribution in [1.29, 1.82) is 0 Å². The standard InChI is InChI=1S/C21H20N6O/c1-27-18-13-23-19(24-16-10-6-3-7-11-16)12-17(18)21(26-27)25-20(28)14-22-15-8-4-2-5-9-15/h2-13,22H,14H2,1H3,(H,23,24)(H,25,26,28). The molecule has 4 rings (SSSR count). The highest BCUT2D eigenvalue weighted by Gasteiger charge is 2.13. The summed E-state index contributed by atoms with van der Waals surface area (Å²) in [4.78, 5) is 16.8. The maximum absolute atomic E-state index is 12.4. The van der Waals surface area contributed by atoms with Crippen LogP contribution in [0.5, 0.6) is 0 Å². The lowest BCUT2D eigenvalue weighted by Crippen LogP contribution is -2.22. The van der Waals surface area contributed by atoms with Gasteiger partial charge in [0.05, 0.1) is 18.3 Å². The van der Waals surface area contributed by atoms with Crippen LogP contribution >= 0.6 is 0 Å². The molecule has 0 aliphatic heterocycles. The van der Waals surface area contributed by atoms with Gasteiger partial charge in [-0.15, -0.1) is 0 Å². The van der Waals surface area contributed by atoms with Gasteiger partial charge < -0.3 is 16.0 Å². The molecule has 2 aromatic carbocycles. The molecular weight excluding hydrogens is 352 g/mol. The van der Waals surface area contributed by atoms with Crippen molar-refractivity contribution in [2.75, 3.05) is 22.5 Å². The number of carbonyl (C=O) groups excluding carboxylic acids is 1. The Morgan fingerprint density at radius 2 is 1.68 bits per heavy atom. The van der Waals surface area contributed by atoms with Crippen LogP contribution in [-0.4, -0.2) is 27.2 Å². The second-order valence-corrected chi connectivity index (χ2v) is 6.32. The summed E-state index contributed by atoms with van der Waals surface area (Å²) in [6.07, 6.45) is 1.74. The quantitative estimate of drug-likeness (QED) is 0.480. The van der Waals surface area contributed by atoms with E-state index in [1.807, 2.05) is 73.8 Å². The van der Waals surface area contributed by atoms with Crippen molar-refractivity contribution in [2.24, 2.45) is 7.05 Å². The summed E-state index contributed by atoms with van der Waals surface area (Å²) in [5, 5.41) is 14.5. The van der Waals surface area contributed by atoms with Crippen LogP contribution in [0, 0.1) is 0 Å². The summed E-state index contributed by atoms with van der Waals surface area (Å²) in [5.74, 6) is 1.03. The topological polar surface area (TPSA) is 83.9 Å². The maximum atomic E-state index is 12.4. The first kappa shape index (κ1) is 17.5. The van der Waals surface area contributed by atoms with Crippen LogP contribution in [-0.2, 0) is 11.8 Å². The number of para-hydroxylation sites is 2. The number of rotatable bonds is 6. The Labute approximate surface area is 162 Å². The zero-order chi connectivity index (χ0) is 19.3. The summed E-state index contributed by atoms with van der Waals surface area (Å²) >= 11 is 0. The van der Waals surface area contributed by atoms with Crippen LogP contribution in [0.2, 0.25) is 0 Å². The van der Waals surface area contributed by atoms with Gasteiger partial charge in [0, 0.05) is 23.8 Å². The predicted octanol–water partition coefficient (Wildman–Crippen LogP) is 3.76. The Morgan fingerprint density at radius 1 is 1.00 bits per heavy atom. The third kappa shape index (κ3) is 3.93. The Kier molecular flexibility index (Phi) is 4.88. The van der Waals surface area contributed by atoms with E-state index in [-0.39, 0.29) is 12.5 Å². The molecule has 0 bridgehead atoms. The molecule has 28 heavy (non-hydrogen) atoms. The van der Waals surface area contributed by atoms with E-state index >= 15 is 0 Å². The Bertz CT molecular complexity index is 1090. The lowest BCUT2D eigenvalue weighted by atomic mass is 10.2. The normalized spacial score (nSPS) is 10.6. The molecule has 0 aliphatic rings. The fourth-order valence-electron chi connectivity index (χ4n) is 2.90. The summed E-state index contributed by atoms with van der Waals surface area (Å²) in [6, 6.07) is 21.3. The van der Waals surface area contributed by atoms with Gasteiger partial charge in [-0.2, -0.15) is 5.10 Å². The molecule has 0 aliphatic carbocycles. The number of amides is 1. The molecule has 1 amide bonds.